The first-order valence-corrected chi connectivity index (χ1v) is 10.5. The van der Waals surface area contributed by atoms with Gasteiger partial charge >= 0.3 is 0 Å². The number of amides is 2. The summed E-state index contributed by atoms with van der Waals surface area (Å²) in [6.07, 6.45) is 4.48. The molecule has 0 fully saturated rings. The Bertz CT molecular complexity index is 1060. The van der Waals surface area contributed by atoms with Crippen LogP contribution in [0.2, 0.25) is 0 Å². The van der Waals surface area contributed by atoms with Gasteiger partial charge in [0.1, 0.15) is 0 Å². The average Bonchev–Trinajstić information content (AvgIpc) is 2.79. The minimum absolute atomic E-state index is 0.136. The maximum atomic E-state index is 12.9. The summed E-state index contributed by atoms with van der Waals surface area (Å²) in [6, 6.07) is 22.7. The smallest absolute Gasteiger partial charge is 0.255 e. The van der Waals surface area contributed by atoms with E-state index >= 15 is 0 Å². The van der Waals surface area contributed by atoms with Crippen LogP contribution in [0, 0.1) is 0 Å². The fourth-order valence-electron chi connectivity index (χ4n) is 3.96. The Labute approximate surface area is 177 Å². The summed E-state index contributed by atoms with van der Waals surface area (Å²) in [5.74, 6) is -0.410. The van der Waals surface area contributed by atoms with E-state index in [9.17, 15) is 9.59 Å². The minimum atomic E-state index is -0.215. The topological polar surface area (TPSA) is 58.2 Å². The van der Waals surface area contributed by atoms with Gasteiger partial charge in [0, 0.05) is 5.56 Å². The molecular weight excluding hydrogens is 372 g/mol. The average molecular weight is 399 g/mol. The van der Waals surface area contributed by atoms with Crippen molar-refractivity contribution in [2.45, 2.75) is 38.6 Å². The molecule has 3 aromatic carbocycles. The van der Waals surface area contributed by atoms with Crippen molar-refractivity contribution in [3.05, 3.63) is 101 Å². The lowest BCUT2D eigenvalue weighted by atomic mass is 9.90. The third kappa shape index (κ3) is 4.43. The Kier molecular flexibility index (Phi) is 5.94. The second-order valence-corrected chi connectivity index (χ2v) is 7.80. The van der Waals surface area contributed by atoms with Crippen molar-refractivity contribution in [3.63, 3.8) is 0 Å². The van der Waals surface area contributed by atoms with Crippen LogP contribution in [0.25, 0.3) is 0 Å². The van der Waals surface area contributed by atoms with Crippen LogP contribution < -0.4 is 10.6 Å². The third-order valence-corrected chi connectivity index (χ3v) is 5.68. The lowest BCUT2D eigenvalue weighted by Crippen LogP contribution is -2.28. The van der Waals surface area contributed by atoms with Crippen LogP contribution in [0.4, 0.5) is 5.69 Å². The number of hydrogen-bond donors (Lipinski definition) is 2. The van der Waals surface area contributed by atoms with E-state index in [0.717, 1.165) is 18.4 Å². The van der Waals surface area contributed by atoms with Crippen LogP contribution in [0.5, 0.6) is 0 Å². The fourth-order valence-corrected chi connectivity index (χ4v) is 3.96. The SMILES string of the molecule is CC(NC(=O)c1ccccc1NC(=O)c1ccc2c(c1)CCCC2)c1ccccc1. The Hall–Kier alpha value is -3.40. The summed E-state index contributed by atoms with van der Waals surface area (Å²) in [7, 11) is 0. The van der Waals surface area contributed by atoms with Gasteiger partial charge in [-0.05, 0) is 73.6 Å². The number of para-hydroxylation sites is 1. The molecule has 1 aliphatic rings. The molecule has 2 amide bonds. The standard InChI is InChI=1S/C26H26N2O2/c1-18(19-9-3-2-4-10-19)27-26(30)23-13-7-8-14-24(23)28-25(29)22-16-15-20-11-5-6-12-21(20)17-22/h2-4,7-10,13-18H,5-6,11-12H2,1H3,(H,27,30)(H,28,29). The van der Waals surface area contributed by atoms with E-state index in [1.54, 1.807) is 18.2 Å². The molecule has 1 aliphatic carbocycles. The maximum Gasteiger partial charge on any atom is 0.255 e. The number of aryl methyl sites for hydroxylation is 2. The minimum Gasteiger partial charge on any atom is -0.345 e. The van der Waals surface area contributed by atoms with Crippen molar-refractivity contribution >= 4 is 17.5 Å². The summed E-state index contributed by atoms with van der Waals surface area (Å²) >= 11 is 0. The second kappa shape index (κ2) is 8.95. The summed E-state index contributed by atoms with van der Waals surface area (Å²) in [6.45, 7) is 1.95. The Balaban J connectivity index is 1.50. The molecule has 152 valence electrons. The lowest BCUT2D eigenvalue weighted by Gasteiger charge is -2.18. The van der Waals surface area contributed by atoms with Crippen LogP contribution in [-0.2, 0) is 12.8 Å². The van der Waals surface area contributed by atoms with Crippen molar-refractivity contribution in [1.29, 1.82) is 0 Å². The molecule has 3 aromatic rings. The van der Waals surface area contributed by atoms with Gasteiger partial charge in [-0.3, -0.25) is 9.59 Å². The number of carbonyl (C=O) groups excluding carboxylic acids is 2. The van der Waals surface area contributed by atoms with Gasteiger partial charge in [0.15, 0.2) is 0 Å². The lowest BCUT2D eigenvalue weighted by molar-refractivity contribution is 0.0941. The zero-order chi connectivity index (χ0) is 20.9. The number of carbonyl (C=O) groups is 2. The van der Waals surface area contributed by atoms with E-state index in [2.05, 4.69) is 16.7 Å². The van der Waals surface area contributed by atoms with Crippen LogP contribution in [0.3, 0.4) is 0 Å². The maximum absolute atomic E-state index is 12.9. The largest absolute Gasteiger partial charge is 0.345 e. The van der Waals surface area contributed by atoms with Crippen LogP contribution in [0.1, 0.15) is 63.2 Å². The molecule has 0 radical (unpaired) electrons. The van der Waals surface area contributed by atoms with Crippen molar-refractivity contribution in [2.24, 2.45) is 0 Å². The van der Waals surface area contributed by atoms with E-state index in [4.69, 9.17) is 0 Å². The number of fused-ring (bicyclic) bond motifs is 1. The second-order valence-electron chi connectivity index (χ2n) is 7.80. The van der Waals surface area contributed by atoms with Gasteiger partial charge in [-0.15, -0.1) is 0 Å². The molecule has 4 nitrogen and oxygen atoms in total. The molecular formula is C26H26N2O2. The predicted molar refractivity (Wildman–Crippen MR) is 120 cm³/mol. The summed E-state index contributed by atoms with van der Waals surface area (Å²) in [5, 5.41) is 5.94. The van der Waals surface area contributed by atoms with Gasteiger partial charge in [-0.2, -0.15) is 0 Å². The summed E-state index contributed by atoms with van der Waals surface area (Å²) in [4.78, 5) is 25.8. The molecule has 4 rings (SSSR count). The van der Waals surface area contributed by atoms with Gasteiger partial charge in [-0.1, -0.05) is 48.5 Å². The Morgan fingerprint density at radius 3 is 2.30 bits per heavy atom. The molecule has 1 unspecified atom stereocenters. The highest BCUT2D eigenvalue weighted by Gasteiger charge is 2.18. The highest BCUT2D eigenvalue weighted by atomic mass is 16.2. The van der Waals surface area contributed by atoms with Crippen molar-refractivity contribution in [1.82, 2.24) is 5.32 Å². The van der Waals surface area contributed by atoms with Crippen LogP contribution in [0.15, 0.2) is 72.8 Å². The van der Waals surface area contributed by atoms with Gasteiger partial charge in [0.05, 0.1) is 17.3 Å². The molecule has 0 saturated carbocycles. The predicted octanol–water partition coefficient (Wildman–Crippen LogP) is 5.31. The molecule has 4 heteroatoms. The first-order valence-electron chi connectivity index (χ1n) is 10.5. The molecule has 0 aromatic heterocycles. The number of benzene rings is 3. The molecule has 0 saturated heterocycles. The van der Waals surface area contributed by atoms with E-state index < -0.39 is 0 Å². The molecule has 0 spiro atoms. The number of anilines is 1. The highest BCUT2D eigenvalue weighted by molar-refractivity contribution is 6.09. The first-order chi connectivity index (χ1) is 14.6. The number of rotatable bonds is 5. The zero-order valence-electron chi connectivity index (χ0n) is 17.2. The summed E-state index contributed by atoms with van der Waals surface area (Å²) < 4.78 is 0. The van der Waals surface area contributed by atoms with Gasteiger partial charge < -0.3 is 10.6 Å². The Morgan fingerprint density at radius 2 is 1.50 bits per heavy atom. The van der Waals surface area contributed by atoms with Crippen molar-refractivity contribution in [3.8, 4) is 0 Å². The van der Waals surface area contributed by atoms with E-state index in [1.165, 1.54) is 24.0 Å². The van der Waals surface area contributed by atoms with Gasteiger partial charge in [-0.25, -0.2) is 0 Å². The van der Waals surface area contributed by atoms with Crippen molar-refractivity contribution in [2.75, 3.05) is 5.32 Å². The first kappa shape index (κ1) is 19.9. The summed E-state index contributed by atoms with van der Waals surface area (Å²) in [5.41, 5.74) is 5.22. The normalized spacial score (nSPS) is 13.8. The number of nitrogens with one attached hydrogen (secondary N) is 2. The number of hydrogen-bond acceptors (Lipinski definition) is 2. The van der Waals surface area contributed by atoms with Crippen LogP contribution >= 0.6 is 0 Å². The molecule has 0 heterocycles. The Morgan fingerprint density at radius 1 is 0.800 bits per heavy atom. The van der Waals surface area contributed by atoms with Gasteiger partial charge in [0.2, 0.25) is 0 Å². The molecule has 2 N–H and O–H groups in total. The van der Waals surface area contributed by atoms with E-state index in [1.807, 2.05) is 55.5 Å². The van der Waals surface area contributed by atoms with Gasteiger partial charge in [0.25, 0.3) is 11.8 Å². The van der Waals surface area contributed by atoms with Crippen LogP contribution in [-0.4, -0.2) is 11.8 Å². The third-order valence-electron chi connectivity index (χ3n) is 5.68. The van der Waals surface area contributed by atoms with E-state index in [0.29, 0.717) is 16.8 Å². The fraction of sp³-hybridized carbons (Fsp3) is 0.231. The molecule has 30 heavy (non-hydrogen) atoms. The monoisotopic (exact) mass is 398 g/mol. The highest BCUT2D eigenvalue weighted by Crippen LogP contribution is 2.23. The molecule has 0 bridgehead atoms. The quantitative estimate of drug-likeness (QED) is 0.612. The zero-order valence-corrected chi connectivity index (χ0v) is 17.2. The molecule has 1 atom stereocenters. The van der Waals surface area contributed by atoms with E-state index in [-0.39, 0.29) is 17.9 Å². The van der Waals surface area contributed by atoms with Crippen molar-refractivity contribution < 1.29 is 9.59 Å². The molecule has 0 aliphatic heterocycles.